The van der Waals surface area contributed by atoms with E-state index < -0.39 is 5.97 Å². The number of aromatic nitrogens is 4. The van der Waals surface area contributed by atoms with Crippen LogP contribution in [0.5, 0.6) is 5.75 Å². The van der Waals surface area contributed by atoms with Crippen LogP contribution < -0.4 is 4.74 Å². The highest BCUT2D eigenvalue weighted by Gasteiger charge is 2.14. The Morgan fingerprint density at radius 1 is 0.886 bits per heavy atom. The van der Waals surface area contributed by atoms with Gasteiger partial charge in [-0.1, -0.05) is 112 Å². The molecule has 0 bridgehead atoms. The first-order chi connectivity index (χ1) is 21.2. The molecular weight excluding hydrogens is 548 g/mol. The van der Waals surface area contributed by atoms with E-state index in [1.54, 1.807) is 12.1 Å². The average molecular weight is 587 g/mol. The Bertz CT molecular complexity index is 1670. The van der Waals surface area contributed by atoms with Crippen LogP contribution in [0.2, 0.25) is 0 Å². The van der Waals surface area contributed by atoms with Crippen molar-refractivity contribution >= 4 is 12.0 Å². The fourth-order valence-corrected chi connectivity index (χ4v) is 5.06. The van der Waals surface area contributed by atoms with Crippen molar-refractivity contribution in [3.8, 4) is 17.1 Å². The zero-order chi connectivity index (χ0) is 30.9. The molecule has 0 saturated heterocycles. The molecule has 1 atom stereocenters. The van der Waals surface area contributed by atoms with Gasteiger partial charge < -0.3 is 9.84 Å². The molecular formula is C37H38N4O3. The van der Waals surface area contributed by atoms with Crippen LogP contribution in [0.1, 0.15) is 65.4 Å². The number of hydrogen-bond acceptors (Lipinski definition) is 5. The summed E-state index contributed by atoms with van der Waals surface area (Å²) in [4.78, 5) is 11.3. The molecule has 0 aliphatic heterocycles. The maximum Gasteiger partial charge on any atom is 0.335 e. The third-order valence-corrected chi connectivity index (χ3v) is 7.74. The van der Waals surface area contributed by atoms with E-state index in [-0.39, 0.29) is 11.3 Å². The number of hydrogen-bond donors (Lipinski definition) is 2. The number of carboxylic acid groups (broad SMARTS) is 1. The molecule has 2 N–H and O–H groups in total. The average Bonchev–Trinajstić information content (AvgIpc) is 3.57. The first-order valence-electron chi connectivity index (χ1n) is 14.9. The van der Waals surface area contributed by atoms with Crippen LogP contribution in [0.4, 0.5) is 0 Å². The lowest BCUT2D eigenvalue weighted by atomic mass is 9.87. The molecule has 0 unspecified atom stereocenters. The van der Waals surface area contributed by atoms with Crippen molar-refractivity contribution in [1.29, 1.82) is 0 Å². The largest absolute Gasteiger partial charge is 0.488 e. The van der Waals surface area contributed by atoms with Crippen LogP contribution in [-0.2, 0) is 24.9 Å². The standard InChI is InChI=1S/C37H38N4O3/c1-37(2,3)33-22-15-29(16-23-33)25-44-34-7-5-4-6-30(34)17-12-27(9-8-26-10-20-32(21-11-26)36(42)43)24-28-13-18-31(19-14-28)35-38-40-41-39-35/h4-7,10-23,27H,8-9,24-25H2,1-3H3,(H,42,43)(H,38,39,40,41)/b17-12+/t27-/m1/s1. The highest BCUT2D eigenvalue weighted by Crippen LogP contribution is 2.26. The van der Waals surface area contributed by atoms with Crippen molar-refractivity contribution in [1.82, 2.24) is 20.6 Å². The summed E-state index contributed by atoms with van der Waals surface area (Å²) in [6, 6.07) is 32.2. The van der Waals surface area contributed by atoms with Gasteiger partial charge in [0.15, 0.2) is 0 Å². The summed E-state index contributed by atoms with van der Waals surface area (Å²) in [6.45, 7) is 7.15. The molecule has 7 nitrogen and oxygen atoms in total. The normalized spacial score (nSPS) is 12.3. The fourth-order valence-electron chi connectivity index (χ4n) is 5.06. The summed E-state index contributed by atoms with van der Waals surface area (Å²) in [6.07, 6.45) is 7.00. The summed E-state index contributed by atoms with van der Waals surface area (Å²) in [5.74, 6) is 0.739. The van der Waals surface area contributed by atoms with E-state index >= 15 is 0 Å². The number of tetrazole rings is 1. The maximum atomic E-state index is 11.3. The van der Waals surface area contributed by atoms with E-state index in [1.807, 2.05) is 42.5 Å². The first-order valence-corrected chi connectivity index (χ1v) is 14.9. The summed E-state index contributed by atoms with van der Waals surface area (Å²) >= 11 is 0. The number of benzene rings is 4. The second-order valence-electron chi connectivity index (χ2n) is 12.1. The third-order valence-electron chi connectivity index (χ3n) is 7.74. The van der Waals surface area contributed by atoms with Crippen molar-refractivity contribution in [2.75, 3.05) is 0 Å². The topological polar surface area (TPSA) is 101 Å². The van der Waals surface area contributed by atoms with Crippen LogP contribution in [0.3, 0.4) is 0 Å². The summed E-state index contributed by atoms with van der Waals surface area (Å²) in [5, 5.41) is 23.5. The molecule has 0 amide bonds. The molecule has 224 valence electrons. The van der Waals surface area contributed by atoms with Crippen LogP contribution in [0.25, 0.3) is 17.5 Å². The Morgan fingerprint density at radius 3 is 2.23 bits per heavy atom. The second-order valence-corrected chi connectivity index (χ2v) is 12.1. The van der Waals surface area contributed by atoms with Gasteiger partial charge in [0.1, 0.15) is 12.4 Å². The van der Waals surface area contributed by atoms with Crippen molar-refractivity contribution in [2.24, 2.45) is 5.92 Å². The van der Waals surface area contributed by atoms with Crippen molar-refractivity contribution in [2.45, 2.75) is 52.1 Å². The summed E-state index contributed by atoms with van der Waals surface area (Å²) in [5.41, 5.74) is 7.11. The van der Waals surface area contributed by atoms with Gasteiger partial charge in [-0.25, -0.2) is 4.79 Å². The van der Waals surface area contributed by atoms with Crippen molar-refractivity contribution in [3.63, 3.8) is 0 Å². The lowest BCUT2D eigenvalue weighted by Crippen LogP contribution is -2.10. The SMILES string of the molecule is CC(C)(C)c1ccc(COc2ccccc2/C=C/[C@@H](CCc2ccc(C(=O)O)cc2)Cc2ccc(-c3nn[nH]n3)cc2)cc1. The zero-order valence-electron chi connectivity index (χ0n) is 25.4. The number of para-hydroxylation sites is 1. The van der Waals surface area contributed by atoms with Gasteiger partial charge in [-0.3, -0.25) is 0 Å². The predicted octanol–water partition coefficient (Wildman–Crippen LogP) is 7.95. The van der Waals surface area contributed by atoms with Crippen LogP contribution in [-0.4, -0.2) is 31.7 Å². The summed E-state index contributed by atoms with van der Waals surface area (Å²) < 4.78 is 6.29. The number of rotatable bonds is 12. The Hall–Kier alpha value is -5.04. The molecule has 7 heteroatoms. The Morgan fingerprint density at radius 2 is 1.57 bits per heavy atom. The Kier molecular flexibility index (Phi) is 9.65. The molecule has 4 aromatic carbocycles. The van der Waals surface area contributed by atoms with E-state index in [0.29, 0.717) is 18.0 Å². The number of carbonyl (C=O) groups is 1. The lowest BCUT2D eigenvalue weighted by molar-refractivity contribution is 0.0697. The maximum absolute atomic E-state index is 11.3. The number of carboxylic acids is 1. The van der Waals surface area contributed by atoms with Crippen LogP contribution in [0, 0.1) is 5.92 Å². The van der Waals surface area contributed by atoms with E-state index in [9.17, 15) is 9.90 Å². The van der Waals surface area contributed by atoms with Gasteiger partial charge in [-0.15, -0.1) is 10.2 Å². The molecule has 0 aliphatic carbocycles. The van der Waals surface area contributed by atoms with E-state index in [4.69, 9.17) is 4.74 Å². The number of aryl methyl sites for hydroxylation is 1. The molecule has 0 aliphatic rings. The number of nitrogens with zero attached hydrogens (tertiary/aromatic N) is 3. The van der Waals surface area contributed by atoms with E-state index in [0.717, 1.165) is 47.3 Å². The number of allylic oxidation sites excluding steroid dienone is 1. The summed E-state index contributed by atoms with van der Waals surface area (Å²) in [7, 11) is 0. The van der Waals surface area contributed by atoms with Gasteiger partial charge in [-0.05, 0) is 76.3 Å². The van der Waals surface area contributed by atoms with Gasteiger partial charge in [-0.2, -0.15) is 5.21 Å². The molecule has 0 fully saturated rings. The van der Waals surface area contributed by atoms with Gasteiger partial charge in [0, 0.05) is 11.1 Å². The number of H-pyrrole nitrogens is 1. The first kappa shape index (κ1) is 30.4. The highest BCUT2D eigenvalue weighted by atomic mass is 16.5. The number of aromatic carboxylic acids is 1. The molecule has 0 saturated carbocycles. The predicted molar refractivity (Wildman–Crippen MR) is 173 cm³/mol. The number of ether oxygens (including phenoxy) is 1. The molecule has 5 rings (SSSR count). The minimum atomic E-state index is -0.913. The van der Waals surface area contributed by atoms with Gasteiger partial charge >= 0.3 is 5.97 Å². The Balaban J connectivity index is 1.30. The molecule has 44 heavy (non-hydrogen) atoms. The molecule has 0 radical (unpaired) electrons. The highest BCUT2D eigenvalue weighted by molar-refractivity contribution is 5.87. The van der Waals surface area contributed by atoms with E-state index in [1.165, 1.54) is 11.1 Å². The third kappa shape index (κ3) is 8.28. The van der Waals surface area contributed by atoms with Crippen molar-refractivity contribution in [3.05, 3.63) is 137 Å². The molecule has 1 heterocycles. The van der Waals surface area contributed by atoms with Gasteiger partial charge in [0.05, 0.1) is 5.56 Å². The van der Waals surface area contributed by atoms with Crippen LogP contribution >= 0.6 is 0 Å². The quantitative estimate of drug-likeness (QED) is 0.154. The smallest absolute Gasteiger partial charge is 0.335 e. The van der Waals surface area contributed by atoms with E-state index in [2.05, 4.69) is 96.0 Å². The monoisotopic (exact) mass is 586 g/mol. The van der Waals surface area contributed by atoms with Crippen LogP contribution in [0.15, 0.2) is 103 Å². The molecule has 5 aromatic rings. The minimum absolute atomic E-state index is 0.117. The molecule has 1 aromatic heterocycles. The number of nitrogens with one attached hydrogen (secondary N) is 1. The Labute approximate surface area is 258 Å². The van der Waals surface area contributed by atoms with Crippen molar-refractivity contribution < 1.29 is 14.6 Å². The fraction of sp³-hybridized carbons (Fsp3) is 0.243. The minimum Gasteiger partial charge on any atom is -0.488 e. The van der Waals surface area contributed by atoms with Gasteiger partial charge in [0.25, 0.3) is 0 Å². The zero-order valence-corrected chi connectivity index (χ0v) is 25.4. The number of aromatic amines is 1. The second kappa shape index (κ2) is 14.0. The lowest BCUT2D eigenvalue weighted by Gasteiger charge is -2.19. The van der Waals surface area contributed by atoms with Gasteiger partial charge in [0.2, 0.25) is 5.82 Å². The molecule has 0 spiro atoms.